The minimum Gasteiger partial charge on any atom is -0.496 e. The lowest BCUT2D eigenvalue weighted by molar-refractivity contribution is 0.163. The lowest BCUT2D eigenvalue weighted by atomic mass is 10.0. The molecule has 1 unspecified atom stereocenters. The van der Waals surface area contributed by atoms with Gasteiger partial charge < -0.3 is 9.84 Å². The molecule has 4 heteroatoms. The molecule has 0 fully saturated rings. The van der Waals surface area contributed by atoms with Crippen molar-refractivity contribution in [3.05, 3.63) is 59.7 Å². The SMILES string of the molecule is COc1ccc(F)cc1C(O)CCc1ccncc1. The number of aromatic nitrogens is 1. The summed E-state index contributed by atoms with van der Waals surface area (Å²) in [4.78, 5) is 3.94. The Kier molecular flexibility index (Phi) is 4.47. The molecule has 0 aliphatic carbocycles. The second-order valence-corrected chi connectivity index (χ2v) is 4.30. The quantitative estimate of drug-likeness (QED) is 0.899. The predicted molar refractivity (Wildman–Crippen MR) is 70.5 cm³/mol. The number of hydrogen-bond donors (Lipinski definition) is 1. The molecular weight excluding hydrogens is 245 g/mol. The number of benzene rings is 1. The highest BCUT2D eigenvalue weighted by Crippen LogP contribution is 2.28. The van der Waals surface area contributed by atoms with E-state index in [1.54, 1.807) is 12.4 Å². The number of aliphatic hydroxyl groups excluding tert-OH is 1. The van der Waals surface area contributed by atoms with Crippen molar-refractivity contribution < 1.29 is 14.2 Å². The Morgan fingerprint density at radius 1 is 1.26 bits per heavy atom. The monoisotopic (exact) mass is 261 g/mol. The largest absolute Gasteiger partial charge is 0.496 e. The third kappa shape index (κ3) is 3.51. The van der Waals surface area contributed by atoms with E-state index >= 15 is 0 Å². The zero-order valence-electron chi connectivity index (χ0n) is 10.7. The average Bonchev–Trinajstić information content (AvgIpc) is 2.46. The van der Waals surface area contributed by atoms with Crippen LogP contribution in [0.25, 0.3) is 0 Å². The highest BCUT2D eigenvalue weighted by atomic mass is 19.1. The number of rotatable bonds is 5. The van der Waals surface area contributed by atoms with Crippen LogP contribution in [-0.2, 0) is 6.42 Å². The summed E-state index contributed by atoms with van der Waals surface area (Å²) in [7, 11) is 1.51. The number of nitrogens with zero attached hydrogens (tertiary/aromatic N) is 1. The van der Waals surface area contributed by atoms with Crippen molar-refractivity contribution in [1.29, 1.82) is 0 Å². The summed E-state index contributed by atoms with van der Waals surface area (Å²) in [5, 5.41) is 10.2. The Bertz CT molecular complexity index is 531. The van der Waals surface area contributed by atoms with Crippen molar-refractivity contribution in [3.63, 3.8) is 0 Å². The molecule has 1 heterocycles. The third-order valence-corrected chi connectivity index (χ3v) is 3.01. The Labute approximate surface area is 111 Å². The molecular formula is C15H16FNO2. The van der Waals surface area contributed by atoms with Gasteiger partial charge in [-0.3, -0.25) is 4.98 Å². The minimum atomic E-state index is -0.751. The first kappa shape index (κ1) is 13.5. The molecule has 3 nitrogen and oxygen atoms in total. The highest BCUT2D eigenvalue weighted by molar-refractivity contribution is 5.35. The fraction of sp³-hybridized carbons (Fsp3) is 0.267. The van der Waals surface area contributed by atoms with Crippen LogP contribution in [0.1, 0.15) is 23.7 Å². The summed E-state index contributed by atoms with van der Waals surface area (Å²) in [6, 6.07) is 7.96. The van der Waals surface area contributed by atoms with Crippen molar-refractivity contribution in [3.8, 4) is 5.75 Å². The van der Waals surface area contributed by atoms with Gasteiger partial charge in [0.15, 0.2) is 0 Å². The lowest BCUT2D eigenvalue weighted by Gasteiger charge is -2.14. The Morgan fingerprint density at radius 2 is 2.00 bits per heavy atom. The van der Waals surface area contributed by atoms with Gasteiger partial charge in [0.1, 0.15) is 11.6 Å². The first-order valence-electron chi connectivity index (χ1n) is 6.11. The molecule has 0 bridgehead atoms. The maximum Gasteiger partial charge on any atom is 0.124 e. The number of pyridine rings is 1. The van der Waals surface area contributed by atoms with Crippen LogP contribution >= 0.6 is 0 Å². The van der Waals surface area contributed by atoms with E-state index in [4.69, 9.17) is 4.74 Å². The number of ether oxygens (including phenoxy) is 1. The lowest BCUT2D eigenvalue weighted by Crippen LogP contribution is -2.03. The molecule has 0 aliphatic rings. The Hall–Kier alpha value is -1.94. The molecule has 1 N–H and O–H groups in total. The molecule has 1 aromatic heterocycles. The topological polar surface area (TPSA) is 42.4 Å². The molecule has 0 radical (unpaired) electrons. The van der Waals surface area contributed by atoms with Gasteiger partial charge in [-0.2, -0.15) is 0 Å². The molecule has 1 atom stereocenters. The van der Waals surface area contributed by atoms with E-state index in [-0.39, 0.29) is 5.82 Å². The minimum absolute atomic E-state index is 0.376. The van der Waals surface area contributed by atoms with Crippen LogP contribution in [0.3, 0.4) is 0 Å². The van der Waals surface area contributed by atoms with Crippen LogP contribution < -0.4 is 4.74 Å². The van der Waals surface area contributed by atoms with Crippen molar-refractivity contribution in [2.24, 2.45) is 0 Å². The van der Waals surface area contributed by atoms with Crippen LogP contribution in [0.15, 0.2) is 42.7 Å². The Morgan fingerprint density at radius 3 is 2.68 bits per heavy atom. The summed E-state index contributed by atoms with van der Waals surface area (Å²) in [5.74, 6) is 0.127. The van der Waals surface area contributed by atoms with Crippen LogP contribution in [0.4, 0.5) is 4.39 Å². The van der Waals surface area contributed by atoms with Crippen LogP contribution in [0.5, 0.6) is 5.75 Å². The second kappa shape index (κ2) is 6.29. The molecule has 0 saturated heterocycles. The first-order valence-corrected chi connectivity index (χ1v) is 6.11. The zero-order valence-corrected chi connectivity index (χ0v) is 10.7. The van der Waals surface area contributed by atoms with E-state index in [1.807, 2.05) is 12.1 Å². The molecule has 0 saturated carbocycles. The van der Waals surface area contributed by atoms with Gasteiger partial charge in [0.25, 0.3) is 0 Å². The van der Waals surface area contributed by atoms with Crippen LogP contribution in [0.2, 0.25) is 0 Å². The van der Waals surface area contributed by atoms with Crippen molar-refractivity contribution >= 4 is 0 Å². The molecule has 100 valence electrons. The van der Waals surface area contributed by atoms with E-state index in [0.717, 1.165) is 5.56 Å². The fourth-order valence-corrected chi connectivity index (χ4v) is 1.97. The van der Waals surface area contributed by atoms with E-state index in [2.05, 4.69) is 4.98 Å². The maximum atomic E-state index is 13.2. The molecule has 2 rings (SSSR count). The van der Waals surface area contributed by atoms with Crippen molar-refractivity contribution in [2.45, 2.75) is 18.9 Å². The summed E-state index contributed by atoms with van der Waals surface area (Å²) in [6.07, 6.45) is 3.88. The van der Waals surface area contributed by atoms with E-state index in [9.17, 15) is 9.50 Å². The predicted octanol–water partition coefficient (Wildman–Crippen LogP) is 2.90. The van der Waals surface area contributed by atoms with E-state index in [1.165, 1.54) is 25.3 Å². The normalized spacial score (nSPS) is 12.2. The highest BCUT2D eigenvalue weighted by Gasteiger charge is 2.14. The molecule has 1 aromatic carbocycles. The summed E-state index contributed by atoms with van der Waals surface area (Å²) in [5.41, 5.74) is 1.57. The molecule has 0 aliphatic heterocycles. The summed E-state index contributed by atoms with van der Waals surface area (Å²) < 4.78 is 18.4. The standard InChI is InChI=1S/C15H16FNO2/c1-19-15-5-3-12(16)10-13(15)14(18)4-2-11-6-8-17-9-7-11/h3,5-10,14,18H,2,4H2,1H3. The molecule has 19 heavy (non-hydrogen) atoms. The summed E-state index contributed by atoms with van der Waals surface area (Å²) >= 11 is 0. The van der Waals surface area contributed by atoms with Gasteiger partial charge in [0.2, 0.25) is 0 Å². The van der Waals surface area contributed by atoms with Crippen LogP contribution in [0, 0.1) is 5.82 Å². The summed E-state index contributed by atoms with van der Waals surface area (Å²) in [6.45, 7) is 0. The van der Waals surface area contributed by atoms with Gasteiger partial charge in [0, 0.05) is 18.0 Å². The third-order valence-electron chi connectivity index (χ3n) is 3.01. The number of aliphatic hydroxyl groups is 1. The van der Waals surface area contributed by atoms with E-state index in [0.29, 0.717) is 24.2 Å². The van der Waals surface area contributed by atoms with Crippen molar-refractivity contribution in [1.82, 2.24) is 4.98 Å². The Balaban J connectivity index is 2.07. The maximum absolute atomic E-state index is 13.2. The smallest absolute Gasteiger partial charge is 0.124 e. The molecule has 0 spiro atoms. The fourth-order valence-electron chi connectivity index (χ4n) is 1.97. The van der Waals surface area contributed by atoms with Gasteiger partial charge >= 0.3 is 0 Å². The molecule has 2 aromatic rings. The van der Waals surface area contributed by atoms with Gasteiger partial charge in [-0.1, -0.05) is 0 Å². The molecule has 0 amide bonds. The van der Waals surface area contributed by atoms with E-state index < -0.39 is 6.10 Å². The van der Waals surface area contributed by atoms with Crippen molar-refractivity contribution in [2.75, 3.05) is 7.11 Å². The number of halogens is 1. The van der Waals surface area contributed by atoms with Gasteiger partial charge in [0.05, 0.1) is 13.2 Å². The van der Waals surface area contributed by atoms with Crippen LogP contribution in [-0.4, -0.2) is 17.2 Å². The zero-order chi connectivity index (χ0) is 13.7. The number of aryl methyl sites for hydroxylation is 1. The van der Waals surface area contributed by atoms with Gasteiger partial charge in [-0.15, -0.1) is 0 Å². The number of hydrogen-bond acceptors (Lipinski definition) is 3. The van der Waals surface area contributed by atoms with Gasteiger partial charge in [-0.05, 0) is 48.7 Å². The first-order chi connectivity index (χ1) is 9.20. The number of methoxy groups -OCH3 is 1. The second-order valence-electron chi connectivity index (χ2n) is 4.30. The average molecular weight is 261 g/mol. The van der Waals surface area contributed by atoms with Gasteiger partial charge in [-0.25, -0.2) is 4.39 Å².